The fourth-order valence-electron chi connectivity index (χ4n) is 2.51. The molecular formula is C15H23NO2. The predicted octanol–water partition coefficient (Wildman–Crippen LogP) is 2.61. The highest BCUT2D eigenvalue weighted by Crippen LogP contribution is 2.21. The molecule has 0 radical (unpaired) electrons. The van der Waals surface area contributed by atoms with Gasteiger partial charge in [0.05, 0.1) is 0 Å². The lowest BCUT2D eigenvalue weighted by atomic mass is 9.93. The van der Waals surface area contributed by atoms with Crippen LogP contribution in [0.5, 0.6) is 5.75 Å². The summed E-state index contributed by atoms with van der Waals surface area (Å²) in [6.45, 7) is 6.76. The molecule has 0 amide bonds. The molecule has 1 fully saturated rings. The van der Waals surface area contributed by atoms with Crippen LogP contribution in [0.15, 0.2) is 18.2 Å². The lowest BCUT2D eigenvalue weighted by molar-refractivity contribution is 0.0557. The zero-order chi connectivity index (χ0) is 13.0. The van der Waals surface area contributed by atoms with Crippen LogP contribution in [0, 0.1) is 12.8 Å². The Morgan fingerprint density at radius 1 is 1.39 bits per heavy atom. The fraction of sp³-hybridized carbons (Fsp3) is 0.600. The van der Waals surface area contributed by atoms with Crippen molar-refractivity contribution in [3.63, 3.8) is 0 Å². The third kappa shape index (κ3) is 3.47. The first-order chi connectivity index (χ1) is 8.66. The number of hydrogen-bond donors (Lipinski definition) is 2. The normalized spacial score (nSPS) is 18.8. The molecule has 18 heavy (non-hydrogen) atoms. The molecule has 2 rings (SSSR count). The Labute approximate surface area is 109 Å². The Kier molecular flexibility index (Phi) is 4.61. The molecular weight excluding hydrogens is 226 g/mol. The van der Waals surface area contributed by atoms with Gasteiger partial charge in [0.2, 0.25) is 0 Å². The number of rotatable bonds is 4. The highest BCUT2D eigenvalue weighted by atomic mass is 16.5. The summed E-state index contributed by atoms with van der Waals surface area (Å²) >= 11 is 0. The van der Waals surface area contributed by atoms with Gasteiger partial charge in [-0.05, 0) is 38.7 Å². The van der Waals surface area contributed by atoms with Crippen LogP contribution in [0.1, 0.15) is 30.9 Å². The predicted molar refractivity (Wildman–Crippen MR) is 72.7 cm³/mol. The maximum absolute atomic E-state index is 9.80. The van der Waals surface area contributed by atoms with Crippen LogP contribution in [0.2, 0.25) is 0 Å². The molecule has 0 saturated carbocycles. The first-order valence-electron chi connectivity index (χ1n) is 6.76. The summed E-state index contributed by atoms with van der Waals surface area (Å²) in [4.78, 5) is 0. The summed E-state index contributed by atoms with van der Waals surface area (Å²) in [5.41, 5.74) is 2.16. The minimum Gasteiger partial charge on any atom is -0.508 e. The smallest absolute Gasteiger partial charge is 0.120 e. The van der Waals surface area contributed by atoms with Crippen LogP contribution < -0.4 is 5.32 Å². The molecule has 1 heterocycles. The number of ether oxygens (including phenoxy) is 1. The maximum Gasteiger partial charge on any atom is 0.120 e. The molecule has 100 valence electrons. The Balaban J connectivity index is 1.88. The summed E-state index contributed by atoms with van der Waals surface area (Å²) in [7, 11) is 0. The summed E-state index contributed by atoms with van der Waals surface area (Å²) < 4.78 is 5.38. The molecule has 2 N–H and O–H groups in total. The third-order valence-electron chi connectivity index (χ3n) is 3.82. The van der Waals surface area contributed by atoms with Gasteiger partial charge in [-0.25, -0.2) is 0 Å². The van der Waals surface area contributed by atoms with Gasteiger partial charge >= 0.3 is 0 Å². The van der Waals surface area contributed by atoms with E-state index in [4.69, 9.17) is 4.74 Å². The topological polar surface area (TPSA) is 41.5 Å². The fourth-order valence-corrected chi connectivity index (χ4v) is 2.51. The average Bonchev–Trinajstić information content (AvgIpc) is 2.40. The van der Waals surface area contributed by atoms with Gasteiger partial charge in [0, 0.05) is 31.4 Å². The van der Waals surface area contributed by atoms with Crippen molar-refractivity contribution in [3.8, 4) is 5.75 Å². The second-order valence-electron chi connectivity index (χ2n) is 5.25. The Morgan fingerprint density at radius 2 is 2.11 bits per heavy atom. The zero-order valence-corrected chi connectivity index (χ0v) is 11.3. The van der Waals surface area contributed by atoms with Crippen molar-refractivity contribution in [2.45, 2.75) is 39.3 Å². The largest absolute Gasteiger partial charge is 0.508 e. The van der Waals surface area contributed by atoms with Gasteiger partial charge in [0.1, 0.15) is 5.75 Å². The van der Waals surface area contributed by atoms with Gasteiger partial charge in [-0.2, -0.15) is 0 Å². The van der Waals surface area contributed by atoms with Crippen molar-refractivity contribution >= 4 is 0 Å². The van der Waals surface area contributed by atoms with Crippen LogP contribution >= 0.6 is 0 Å². The van der Waals surface area contributed by atoms with Gasteiger partial charge in [-0.1, -0.05) is 17.7 Å². The second kappa shape index (κ2) is 6.21. The van der Waals surface area contributed by atoms with Crippen molar-refractivity contribution in [2.24, 2.45) is 5.92 Å². The number of phenols is 1. The van der Waals surface area contributed by atoms with Crippen LogP contribution in [0.4, 0.5) is 0 Å². The quantitative estimate of drug-likeness (QED) is 0.862. The van der Waals surface area contributed by atoms with Crippen LogP contribution in [-0.4, -0.2) is 24.4 Å². The molecule has 0 aliphatic carbocycles. The van der Waals surface area contributed by atoms with E-state index in [0.717, 1.165) is 38.2 Å². The van der Waals surface area contributed by atoms with Gasteiger partial charge in [-0.3, -0.25) is 0 Å². The highest BCUT2D eigenvalue weighted by Gasteiger charge is 2.20. The van der Waals surface area contributed by atoms with E-state index in [1.165, 1.54) is 5.56 Å². The first kappa shape index (κ1) is 13.4. The first-order valence-corrected chi connectivity index (χ1v) is 6.76. The SMILES string of the molecule is Cc1ccc(O)c(CNC(C)C2CCOCC2)c1. The van der Waals surface area contributed by atoms with E-state index in [0.29, 0.717) is 17.7 Å². The molecule has 1 aliphatic heterocycles. The summed E-state index contributed by atoms with van der Waals surface area (Å²) in [6, 6.07) is 6.21. The van der Waals surface area contributed by atoms with Crippen molar-refractivity contribution in [3.05, 3.63) is 29.3 Å². The number of aryl methyl sites for hydroxylation is 1. The average molecular weight is 249 g/mol. The number of phenolic OH excluding ortho intramolecular Hbond substituents is 1. The molecule has 1 atom stereocenters. The molecule has 0 bridgehead atoms. The van der Waals surface area contributed by atoms with E-state index >= 15 is 0 Å². The maximum atomic E-state index is 9.80. The second-order valence-corrected chi connectivity index (χ2v) is 5.25. The van der Waals surface area contributed by atoms with Gasteiger partial charge in [0.15, 0.2) is 0 Å². The van der Waals surface area contributed by atoms with Crippen molar-refractivity contribution in [1.29, 1.82) is 0 Å². The Hall–Kier alpha value is -1.06. The van der Waals surface area contributed by atoms with Gasteiger partial charge in [0.25, 0.3) is 0 Å². The minimum atomic E-state index is 0.382. The van der Waals surface area contributed by atoms with Crippen molar-refractivity contribution < 1.29 is 9.84 Å². The molecule has 1 unspecified atom stereocenters. The molecule has 0 aromatic heterocycles. The van der Waals surface area contributed by atoms with E-state index in [9.17, 15) is 5.11 Å². The molecule has 1 aromatic rings. The molecule has 3 nitrogen and oxygen atoms in total. The summed E-state index contributed by atoms with van der Waals surface area (Å²) in [5, 5.41) is 13.3. The number of benzene rings is 1. The van der Waals surface area contributed by atoms with E-state index in [1.807, 2.05) is 19.1 Å². The van der Waals surface area contributed by atoms with Crippen LogP contribution in [0.3, 0.4) is 0 Å². The lowest BCUT2D eigenvalue weighted by Gasteiger charge is -2.28. The summed E-state index contributed by atoms with van der Waals surface area (Å²) in [6.07, 6.45) is 2.27. The van der Waals surface area contributed by atoms with Crippen LogP contribution in [-0.2, 0) is 11.3 Å². The van der Waals surface area contributed by atoms with Crippen molar-refractivity contribution in [2.75, 3.05) is 13.2 Å². The van der Waals surface area contributed by atoms with E-state index in [2.05, 4.69) is 12.2 Å². The number of nitrogens with one attached hydrogen (secondary N) is 1. The standard InChI is InChI=1S/C15H23NO2/c1-11-3-4-15(17)14(9-11)10-16-12(2)13-5-7-18-8-6-13/h3-4,9,12-13,16-17H,5-8,10H2,1-2H3. The molecule has 1 aliphatic rings. The summed E-state index contributed by atoms with van der Waals surface area (Å²) in [5.74, 6) is 1.07. The van der Waals surface area contributed by atoms with Gasteiger partial charge in [-0.15, -0.1) is 0 Å². The van der Waals surface area contributed by atoms with Gasteiger partial charge < -0.3 is 15.2 Å². The number of hydrogen-bond acceptors (Lipinski definition) is 3. The molecule has 3 heteroatoms. The van der Waals surface area contributed by atoms with Crippen molar-refractivity contribution in [1.82, 2.24) is 5.32 Å². The molecule has 0 spiro atoms. The molecule has 1 aromatic carbocycles. The Bertz CT molecular complexity index is 386. The Morgan fingerprint density at radius 3 is 2.83 bits per heavy atom. The third-order valence-corrected chi connectivity index (χ3v) is 3.82. The molecule has 1 saturated heterocycles. The highest BCUT2D eigenvalue weighted by molar-refractivity contribution is 5.35. The van der Waals surface area contributed by atoms with E-state index < -0.39 is 0 Å². The van der Waals surface area contributed by atoms with E-state index in [-0.39, 0.29) is 0 Å². The van der Waals surface area contributed by atoms with Crippen LogP contribution in [0.25, 0.3) is 0 Å². The van der Waals surface area contributed by atoms with E-state index in [1.54, 1.807) is 6.07 Å². The zero-order valence-electron chi connectivity index (χ0n) is 11.3. The number of aromatic hydroxyl groups is 1. The monoisotopic (exact) mass is 249 g/mol. The minimum absolute atomic E-state index is 0.382. The lowest BCUT2D eigenvalue weighted by Crippen LogP contribution is -2.36.